The van der Waals surface area contributed by atoms with Crippen LogP contribution in [0.3, 0.4) is 0 Å². The van der Waals surface area contributed by atoms with Crippen molar-refractivity contribution in [1.82, 2.24) is 0 Å². The first-order chi connectivity index (χ1) is 15.1. The maximum absolute atomic E-state index is 13.0. The number of nitrogens with one attached hydrogen (secondary N) is 1. The summed E-state index contributed by atoms with van der Waals surface area (Å²) in [6.07, 6.45) is 8.95. The van der Waals surface area contributed by atoms with Gasteiger partial charge in [0, 0.05) is 5.69 Å². The van der Waals surface area contributed by atoms with E-state index in [4.69, 9.17) is 14.2 Å². The molecular formula is C25H25NO5. The van der Waals surface area contributed by atoms with Crippen molar-refractivity contribution in [1.29, 1.82) is 0 Å². The summed E-state index contributed by atoms with van der Waals surface area (Å²) in [5.41, 5.74) is 1.98. The van der Waals surface area contributed by atoms with Crippen molar-refractivity contribution >= 4 is 17.6 Å². The van der Waals surface area contributed by atoms with Gasteiger partial charge >= 0.3 is 5.97 Å². The van der Waals surface area contributed by atoms with E-state index in [1.54, 1.807) is 68.8 Å². The van der Waals surface area contributed by atoms with Gasteiger partial charge in [-0.2, -0.15) is 0 Å². The van der Waals surface area contributed by atoms with Gasteiger partial charge in [0.2, 0.25) is 6.10 Å². The lowest BCUT2D eigenvalue weighted by Gasteiger charge is -2.19. The average Bonchev–Trinajstić information content (AvgIpc) is 3.08. The van der Waals surface area contributed by atoms with Crippen molar-refractivity contribution in [3.63, 3.8) is 0 Å². The Bertz CT molecular complexity index is 988. The molecule has 1 amide bonds. The fraction of sp³-hybridized carbons (Fsp3) is 0.200. The van der Waals surface area contributed by atoms with Crippen LogP contribution in [-0.4, -0.2) is 32.2 Å². The lowest BCUT2D eigenvalue weighted by molar-refractivity contribution is -0.151. The Morgan fingerprint density at radius 1 is 0.935 bits per heavy atom. The second kappa shape index (κ2) is 10.8. The van der Waals surface area contributed by atoms with Gasteiger partial charge in [-0.15, -0.1) is 0 Å². The number of anilines is 1. The number of carbonyl (C=O) groups is 2. The van der Waals surface area contributed by atoms with Gasteiger partial charge < -0.3 is 19.5 Å². The number of carbonyl (C=O) groups excluding carboxylic acids is 2. The van der Waals surface area contributed by atoms with Crippen molar-refractivity contribution in [3.8, 4) is 11.5 Å². The van der Waals surface area contributed by atoms with Gasteiger partial charge in [0.05, 0.1) is 20.6 Å². The minimum absolute atomic E-state index is 0.0472. The molecule has 3 rings (SSSR count). The van der Waals surface area contributed by atoms with Crippen LogP contribution in [0.2, 0.25) is 0 Å². The third-order valence-corrected chi connectivity index (χ3v) is 4.68. The number of allylic oxidation sites excluding steroid dienone is 4. The van der Waals surface area contributed by atoms with E-state index < -0.39 is 18.0 Å². The summed E-state index contributed by atoms with van der Waals surface area (Å²) in [5, 5.41) is 2.81. The SMILES string of the molecule is COc1ccc(CC(=O)OC(C(=O)Nc2ccc(OC)cc2)C2=CCC=CC=C2)cc1. The monoisotopic (exact) mass is 419 g/mol. The number of amides is 1. The van der Waals surface area contributed by atoms with E-state index in [0.717, 1.165) is 5.56 Å². The van der Waals surface area contributed by atoms with Crippen LogP contribution in [0.25, 0.3) is 0 Å². The van der Waals surface area contributed by atoms with Crippen LogP contribution in [0.1, 0.15) is 12.0 Å². The maximum Gasteiger partial charge on any atom is 0.311 e. The second-order valence-electron chi connectivity index (χ2n) is 6.84. The summed E-state index contributed by atoms with van der Waals surface area (Å²) in [5.74, 6) is 0.466. The molecule has 1 aliphatic carbocycles. The van der Waals surface area contributed by atoms with Gasteiger partial charge in [-0.3, -0.25) is 9.59 Å². The van der Waals surface area contributed by atoms with Crippen LogP contribution in [0, 0.1) is 0 Å². The molecule has 0 aliphatic heterocycles. The quantitative estimate of drug-likeness (QED) is 0.648. The van der Waals surface area contributed by atoms with E-state index in [1.165, 1.54) is 0 Å². The van der Waals surface area contributed by atoms with Crippen molar-refractivity contribution in [2.45, 2.75) is 18.9 Å². The maximum atomic E-state index is 13.0. The van der Waals surface area contributed by atoms with Gasteiger partial charge in [0.15, 0.2) is 0 Å². The standard InChI is InChI=1S/C25H25NO5/c1-29-21-13-9-18(10-14-21)17-23(27)31-24(19-7-5-3-4-6-8-19)25(28)26-20-11-15-22(30-2)16-12-20/h3-5,7-16,24H,6,17H2,1-2H3,(H,26,28). The van der Waals surface area contributed by atoms with Crippen LogP contribution in [0.4, 0.5) is 5.69 Å². The molecule has 1 aliphatic rings. The summed E-state index contributed by atoms with van der Waals surface area (Å²) in [6, 6.07) is 14.1. The van der Waals surface area contributed by atoms with Crippen LogP contribution < -0.4 is 14.8 Å². The van der Waals surface area contributed by atoms with Crippen molar-refractivity contribution in [3.05, 3.63) is 90.0 Å². The van der Waals surface area contributed by atoms with Gasteiger partial charge in [-0.25, -0.2) is 0 Å². The largest absolute Gasteiger partial charge is 0.497 e. The molecule has 1 atom stereocenters. The fourth-order valence-corrected chi connectivity index (χ4v) is 3.03. The highest BCUT2D eigenvalue weighted by Crippen LogP contribution is 2.20. The van der Waals surface area contributed by atoms with Gasteiger partial charge in [0.1, 0.15) is 11.5 Å². The Labute approximate surface area is 181 Å². The number of hydrogen-bond acceptors (Lipinski definition) is 5. The molecule has 2 aromatic rings. The Morgan fingerprint density at radius 3 is 2.23 bits per heavy atom. The normalized spacial score (nSPS) is 13.5. The Hall–Kier alpha value is -3.80. The molecule has 0 saturated carbocycles. The molecule has 0 fully saturated rings. The first-order valence-electron chi connectivity index (χ1n) is 9.89. The van der Waals surface area contributed by atoms with E-state index in [0.29, 0.717) is 29.2 Å². The third kappa shape index (κ3) is 6.34. The smallest absolute Gasteiger partial charge is 0.311 e. The van der Waals surface area contributed by atoms with Crippen molar-refractivity contribution in [2.24, 2.45) is 0 Å². The summed E-state index contributed by atoms with van der Waals surface area (Å²) < 4.78 is 15.9. The number of ether oxygens (including phenoxy) is 3. The summed E-state index contributed by atoms with van der Waals surface area (Å²) in [6.45, 7) is 0. The zero-order valence-corrected chi connectivity index (χ0v) is 17.5. The molecule has 0 radical (unpaired) electrons. The number of rotatable bonds is 8. The van der Waals surface area contributed by atoms with Gasteiger partial charge in [-0.1, -0.05) is 42.5 Å². The zero-order chi connectivity index (χ0) is 22.1. The van der Waals surface area contributed by atoms with Gasteiger partial charge in [0.25, 0.3) is 5.91 Å². The molecule has 0 saturated heterocycles. The van der Waals surface area contributed by atoms with Crippen LogP contribution in [-0.2, 0) is 20.7 Å². The summed E-state index contributed by atoms with van der Waals surface area (Å²) in [7, 11) is 3.16. The van der Waals surface area contributed by atoms with Crippen LogP contribution in [0.15, 0.2) is 84.5 Å². The predicted molar refractivity (Wildman–Crippen MR) is 119 cm³/mol. The molecule has 0 heterocycles. The molecule has 1 N–H and O–H groups in total. The minimum atomic E-state index is -1.07. The molecule has 2 aromatic carbocycles. The molecular weight excluding hydrogens is 394 g/mol. The van der Waals surface area contributed by atoms with E-state index in [9.17, 15) is 9.59 Å². The lowest BCUT2D eigenvalue weighted by Crippen LogP contribution is -2.34. The summed E-state index contributed by atoms with van der Waals surface area (Å²) >= 11 is 0. The predicted octanol–water partition coefficient (Wildman–Crippen LogP) is 4.24. The fourth-order valence-electron chi connectivity index (χ4n) is 3.03. The van der Waals surface area contributed by atoms with E-state index in [-0.39, 0.29) is 6.42 Å². The minimum Gasteiger partial charge on any atom is -0.497 e. The lowest BCUT2D eigenvalue weighted by atomic mass is 10.1. The molecule has 0 aromatic heterocycles. The number of methoxy groups -OCH3 is 2. The Morgan fingerprint density at radius 2 is 1.58 bits per heavy atom. The highest BCUT2D eigenvalue weighted by atomic mass is 16.5. The topological polar surface area (TPSA) is 73.9 Å². The Balaban J connectivity index is 1.74. The zero-order valence-electron chi connectivity index (χ0n) is 17.5. The van der Waals surface area contributed by atoms with E-state index in [1.807, 2.05) is 24.3 Å². The molecule has 1 unspecified atom stereocenters. The molecule has 6 heteroatoms. The van der Waals surface area contributed by atoms with Crippen molar-refractivity contribution in [2.75, 3.05) is 19.5 Å². The highest BCUT2D eigenvalue weighted by Gasteiger charge is 2.26. The first kappa shape index (κ1) is 21.9. The molecule has 31 heavy (non-hydrogen) atoms. The number of benzene rings is 2. The summed E-state index contributed by atoms with van der Waals surface area (Å²) in [4.78, 5) is 25.6. The van der Waals surface area contributed by atoms with Crippen molar-refractivity contribution < 1.29 is 23.8 Å². The van der Waals surface area contributed by atoms with Gasteiger partial charge in [-0.05, 0) is 54.0 Å². The first-order valence-corrected chi connectivity index (χ1v) is 9.89. The van der Waals surface area contributed by atoms with Crippen LogP contribution in [0.5, 0.6) is 11.5 Å². The highest BCUT2D eigenvalue weighted by molar-refractivity contribution is 5.98. The number of esters is 1. The van der Waals surface area contributed by atoms with E-state index >= 15 is 0 Å². The average molecular weight is 419 g/mol. The molecule has 6 nitrogen and oxygen atoms in total. The van der Waals surface area contributed by atoms with E-state index in [2.05, 4.69) is 5.32 Å². The number of hydrogen-bond donors (Lipinski definition) is 1. The molecule has 0 bridgehead atoms. The Kier molecular flexibility index (Phi) is 7.65. The third-order valence-electron chi connectivity index (χ3n) is 4.68. The molecule has 0 spiro atoms. The molecule has 160 valence electrons. The van der Waals surface area contributed by atoms with Crippen LogP contribution >= 0.6 is 0 Å². The second-order valence-corrected chi connectivity index (χ2v) is 6.84.